The van der Waals surface area contributed by atoms with Crippen LogP contribution in [0, 0.1) is 0 Å². The summed E-state index contributed by atoms with van der Waals surface area (Å²) >= 11 is 0. The zero-order valence-corrected chi connectivity index (χ0v) is 7.29. The van der Waals surface area contributed by atoms with Crippen molar-refractivity contribution in [1.82, 2.24) is 4.98 Å². The van der Waals surface area contributed by atoms with Crippen LogP contribution in [0.2, 0.25) is 0 Å². The van der Waals surface area contributed by atoms with Gasteiger partial charge in [0.05, 0.1) is 6.61 Å². The average molecular weight is 163 g/mol. The van der Waals surface area contributed by atoms with Gasteiger partial charge in [0.2, 0.25) is 0 Å². The first kappa shape index (κ1) is 7.59. The first-order valence-electron chi connectivity index (χ1n) is 4.49. The van der Waals surface area contributed by atoms with Crippen LogP contribution in [0.3, 0.4) is 0 Å². The Hall–Kier alpha value is -1.05. The zero-order valence-electron chi connectivity index (χ0n) is 7.29. The highest BCUT2D eigenvalue weighted by Crippen LogP contribution is 2.39. The highest BCUT2D eigenvalue weighted by atomic mass is 16.5. The van der Waals surface area contributed by atoms with Crippen molar-refractivity contribution in [2.45, 2.75) is 25.7 Å². The summed E-state index contributed by atoms with van der Waals surface area (Å²) in [4.78, 5) is 4.30. The maximum Gasteiger partial charge on any atom is 0.122 e. The van der Waals surface area contributed by atoms with Crippen molar-refractivity contribution in [2.75, 3.05) is 6.61 Å². The molecule has 1 aliphatic carbocycles. The van der Waals surface area contributed by atoms with E-state index in [-0.39, 0.29) is 0 Å². The number of hydrogen-bond acceptors (Lipinski definition) is 2. The van der Waals surface area contributed by atoms with Crippen molar-refractivity contribution < 1.29 is 4.74 Å². The van der Waals surface area contributed by atoms with E-state index in [0.717, 1.165) is 12.4 Å². The molecule has 0 atom stereocenters. The molecule has 2 rings (SSSR count). The summed E-state index contributed by atoms with van der Waals surface area (Å²) in [6.07, 6.45) is 4.42. The van der Waals surface area contributed by atoms with E-state index < -0.39 is 0 Å². The van der Waals surface area contributed by atoms with Gasteiger partial charge in [0.1, 0.15) is 5.75 Å². The van der Waals surface area contributed by atoms with Crippen LogP contribution in [-0.4, -0.2) is 11.6 Å². The van der Waals surface area contributed by atoms with Gasteiger partial charge in [-0.15, -0.1) is 0 Å². The predicted molar refractivity (Wildman–Crippen MR) is 47.4 cm³/mol. The van der Waals surface area contributed by atoms with E-state index in [4.69, 9.17) is 4.74 Å². The Labute approximate surface area is 72.6 Å². The molecular weight excluding hydrogens is 150 g/mol. The van der Waals surface area contributed by atoms with Crippen LogP contribution in [0.25, 0.3) is 0 Å². The molecule has 0 unspecified atom stereocenters. The molecule has 0 spiro atoms. The molecule has 2 nitrogen and oxygen atoms in total. The SMILES string of the molecule is CCOc1ccnc(C2CC2)c1. The van der Waals surface area contributed by atoms with E-state index in [1.54, 1.807) is 0 Å². The van der Waals surface area contributed by atoms with Gasteiger partial charge in [-0.1, -0.05) is 0 Å². The molecule has 1 aliphatic rings. The van der Waals surface area contributed by atoms with Crippen molar-refractivity contribution in [1.29, 1.82) is 0 Å². The standard InChI is InChI=1S/C10H13NO/c1-2-12-9-5-6-11-10(7-9)8-3-4-8/h5-8H,2-4H2,1H3. The van der Waals surface area contributed by atoms with E-state index in [0.29, 0.717) is 5.92 Å². The van der Waals surface area contributed by atoms with Gasteiger partial charge in [-0.2, -0.15) is 0 Å². The topological polar surface area (TPSA) is 22.1 Å². The summed E-state index contributed by atoms with van der Waals surface area (Å²) < 4.78 is 5.38. The molecule has 12 heavy (non-hydrogen) atoms. The summed E-state index contributed by atoms with van der Waals surface area (Å²) in [5.74, 6) is 1.67. The van der Waals surface area contributed by atoms with Gasteiger partial charge < -0.3 is 4.74 Å². The first-order chi connectivity index (χ1) is 5.90. The van der Waals surface area contributed by atoms with Gasteiger partial charge >= 0.3 is 0 Å². The molecule has 1 aromatic rings. The molecule has 2 heteroatoms. The van der Waals surface area contributed by atoms with Crippen molar-refractivity contribution in [3.05, 3.63) is 24.0 Å². The molecule has 0 aliphatic heterocycles. The van der Waals surface area contributed by atoms with E-state index in [2.05, 4.69) is 11.1 Å². The third-order valence-corrected chi connectivity index (χ3v) is 2.06. The summed E-state index contributed by atoms with van der Waals surface area (Å²) in [5, 5.41) is 0. The fourth-order valence-corrected chi connectivity index (χ4v) is 1.29. The molecule has 1 aromatic heterocycles. The Kier molecular flexibility index (Phi) is 1.98. The van der Waals surface area contributed by atoms with E-state index >= 15 is 0 Å². The van der Waals surface area contributed by atoms with Crippen LogP contribution in [0.1, 0.15) is 31.4 Å². The number of ether oxygens (including phenoxy) is 1. The molecule has 1 heterocycles. The minimum atomic E-state index is 0.713. The van der Waals surface area contributed by atoms with Gasteiger partial charge in [-0.05, 0) is 25.8 Å². The molecule has 0 radical (unpaired) electrons. The lowest BCUT2D eigenvalue weighted by atomic mass is 10.2. The first-order valence-corrected chi connectivity index (χ1v) is 4.49. The second-order valence-electron chi connectivity index (χ2n) is 3.12. The zero-order chi connectivity index (χ0) is 8.39. The third kappa shape index (κ3) is 1.58. The highest BCUT2D eigenvalue weighted by Gasteiger charge is 2.24. The second kappa shape index (κ2) is 3.13. The van der Waals surface area contributed by atoms with Crippen molar-refractivity contribution in [2.24, 2.45) is 0 Å². The van der Waals surface area contributed by atoms with Crippen molar-refractivity contribution >= 4 is 0 Å². The van der Waals surface area contributed by atoms with Gasteiger partial charge in [-0.25, -0.2) is 0 Å². The normalized spacial score (nSPS) is 16.1. The molecule has 0 N–H and O–H groups in total. The molecule has 64 valence electrons. The minimum Gasteiger partial charge on any atom is -0.494 e. The summed E-state index contributed by atoms with van der Waals surface area (Å²) in [6, 6.07) is 3.97. The second-order valence-corrected chi connectivity index (χ2v) is 3.12. The Morgan fingerprint density at radius 3 is 3.08 bits per heavy atom. The summed E-state index contributed by atoms with van der Waals surface area (Å²) in [7, 11) is 0. The number of nitrogens with zero attached hydrogens (tertiary/aromatic N) is 1. The largest absolute Gasteiger partial charge is 0.494 e. The molecule has 1 fully saturated rings. The van der Waals surface area contributed by atoms with E-state index in [1.165, 1.54) is 18.5 Å². The van der Waals surface area contributed by atoms with Gasteiger partial charge in [0.25, 0.3) is 0 Å². The van der Waals surface area contributed by atoms with Crippen LogP contribution >= 0.6 is 0 Å². The molecule has 0 aromatic carbocycles. The van der Waals surface area contributed by atoms with Crippen LogP contribution in [-0.2, 0) is 0 Å². The van der Waals surface area contributed by atoms with Crippen molar-refractivity contribution in [3.8, 4) is 5.75 Å². The van der Waals surface area contributed by atoms with E-state index in [9.17, 15) is 0 Å². The fraction of sp³-hybridized carbons (Fsp3) is 0.500. The molecule has 1 saturated carbocycles. The van der Waals surface area contributed by atoms with Crippen LogP contribution in [0.15, 0.2) is 18.3 Å². The Balaban J connectivity index is 2.15. The van der Waals surface area contributed by atoms with Crippen molar-refractivity contribution in [3.63, 3.8) is 0 Å². The monoisotopic (exact) mass is 163 g/mol. The lowest BCUT2D eigenvalue weighted by Gasteiger charge is -2.03. The van der Waals surface area contributed by atoms with Gasteiger partial charge in [-0.3, -0.25) is 4.98 Å². The molecule has 0 bridgehead atoms. The molecular formula is C10H13NO. The maximum absolute atomic E-state index is 5.38. The summed E-state index contributed by atoms with van der Waals surface area (Å²) in [6.45, 7) is 2.73. The number of hydrogen-bond donors (Lipinski definition) is 0. The van der Waals surface area contributed by atoms with Crippen LogP contribution < -0.4 is 4.74 Å². The lowest BCUT2D eigenvalue weighted by molar-refractivity contribution is 0.339. The number of pyridine rings is 1. The summed E-state index contributed by atoms with van der Waals surface area (Å²) in [5.41, 5.74) is 1.20. The Morgan fingerprint density at radius 1 is 1.58 bits per heavy atom. The van der Waals surface area contributed by atoms with Crippen LogP contribution in [0.4, 0.5) is 0 Å². The van der Waals surface area contributed by atoms with E-state index in [1.807, 2.05) is 19.2 Å². The van der Waals surface area contributed by atoms with Gasteiger partial charge in [0, 0.05) is 23.9 Å². The molecule has 0 amide bonds. The quantitative estimate of drug-likeness (QED) is 0.682. The molecule has 0 saturated heterocycles. The Morgan fingerprint density at radius 2 is 2.42 bits per heavy atom. The predicted octanol–water partition coefficient (Wildman–Crippen LogP) is 2.36. The maximum atomic E-state index is 5.38. The highest BCUT2D eigenvalue weighted by molar-refractivity contribution is 5.26. The number of aromatic nitrogens is 1. The smallest absolute Gasteiger partial charge is 0.122 e. The Bertz CT molecular complexity index is 268. The lowest BCUT2D eigenvalue weighted by Crippen LogP contribution is -1.93. The average Bonchev–Trinajstić information content (AvgIpc) is 2.88. The third-order valence-electron chi connectivity index (χ3n) is 2.06. The number of rotatable bonds is 3. The van der Waals surface area contributed by atoms with Gasteiger partial charge in [0.15, 0.2) is 0 Å². The van der Waals surface area contributed by atoms with Crippen LogP contribution in [0.5, 0.6) is 5.75 Å². The fourth-order valence-electron chi connectivity index (χ4n) is 1.29. The minimum absolute atomic E-state index is 0.713.